The zero-order chi connectivity index (χ0) is 24.3. The van der Waals surface area contributed by atoms with Crippen LogP contribution in [0, 0.1) is 17.0 Å². The van der Waals surface area contributed by atoms with E-state index in [1.54, 1.807) is 39.0 Å². The Morgan fingerprint density at radius 2 is 2.03 bits per heavy atom. The molecule has 0 aliphatic heterocycles. The average molecular weight is 582 g/mol. The SMILES string of the molecule is Cc1nc2ccc(Br)cc2c(=O)n1N=Cc1cc(Br)c(OCC(=O)OC(C)C)c([N+](=O)[O-])c1. The van der Waals surface area contributed by atoms with E-state index in [1.165, 1.54) is 18.3 Å². The molecule has 33 heavy (non-hydrogen) atoms. The van der Waals surface area contributed by atoms with Crippen molar-refractivity contribution < 1.29 is 19.2 Å². The fourth-order valence-electron chi connectivity index (χ4n) is 2.90. The third-order valence-electron chi connectivity index (χ3n) is 4.24. The first-order chi connectivity index (χ1) is 15.6. The third kappa shape index (κ3) is 5.82. The fraction of sp³-hybridized carbons (Fsp3) is 0.238. The van der Waals surface area contributed by atoms with E-state index in [4.69, 9.17) is 9.47 Å². The Hall–Kier alpha value is -3.12. The molecule has 0 aliphatic carbocycles. The predicted octanol–water partition coefficient (Wildman–Crippen LogP) is 4.35. The molecule has 12 heteroatoms. The number of aromatic nitrogens is 2. The van der Waals surface area contributed by atoms with E-state index in [2.05, 4.69) is 41.9 Å². The standard InChI is InChI=1S/C21H18Br2N4O6/c1-11(2)33-19(28)10-32-20-16(23)6-13(7-18(20)27(30)31)9-24-26-12(3)25-17-5-4-14(22)8-15(17)21(26)29/h4-9,11H,10H2,1-3H3. The zero-order valence-corrected chi connectivity index (χ0v) is 20.9. The second kappa shape index (κ2) is 10.2. The molecule has 0 saturated heterocycles. The van der Waals surface area contributed by atoms with Crippen LogP contribution in [0.2, 0.25) is 0 Å². The summed E-state index contributed by atoms with van der Waals surface area (Å²) in [5.74, 6) is -0.422. The number of nitro benzene ring substituents is 1. The lowest BCUT2D eigenvalue weighted by molar-refractivity contribution is -0.385. The van der Waals surface area contributed by atoms with Crippen LogP contribution in [-0.4, -0.2) is 39.5 Å². The smallest absolute Gasteiger partial charge is 0.344 e. The third-order valence-corrected chi connectivity index (χ3v) is 5.32. The Kier molecular flexibility index (Phi) is 7.59. The van der Waals surface area contributed by atoms with Crippen molar-refractivity contribution in [3.8, 4) is 5.75 Å². The van der Waals surface area contributed by atoms with Crippen LogP contribution in [0.25, 0.3) is 10.9 Å². The molecule has 0 aliphatic rings. The first-order valence-corrected chi connectivity index (χ1v) is 11.2. The van der Waals surface area contributed by atoms with Crippen LogP contribution in [0.15, 0.2) is 49.2 Å². The first kappa shape index (κ1) is 24.5. The molecule has 0 saturated carbocycles. The number of nitro groups is 1. The van der Waals surface area contributed by atoms with Gasteiger partial charge in [-0.2, -0.15) is 9.78 Å². The Morgan fingerprint density at radius 3 is 2.70 bits per heavy atom. The monoisotopic (exact) mass is 580 g/mol. The van der Waals surface area contributed by atoms with Crippen molar-refractivity contribution in [2.75, 3.05) is 6.61 Å². The second-order valence-electron chi connectivity index (χ2n) is 7.12. The summed E-state index contributed by atoms with van der Waals surface area (Å²) >= 11 is 6.56. The van der Waals surface area contributed by atoms with Gasteiger partial charge < -0.3 is 9.47 Å². The van der Waals surface area contributed by atoms with Crippen LogP contribution in [0.5, 0.6) is 5.75 Å². The van der Waals surface area contributed by atoms with Crippen molar-refractivity contribution in [3.63, 3.8) is 0 Å². The number of esters is 1. The highest BCUT2D eigenvalue weighted by atomic mass is 79.9. The summed E-state index contributed by atoms with van der Waals surface area (Å²) in [5, 5.41) is 16.1. The van der Waals surface area contributed by atoms with E-state index < -0.39 is 17.5 Å². The summed E-state index contributed by atoms with van der Waals surface area (Å²) in [6, 6.07) is 7.89. The lowest BCUT2D eigenvalue weighted by Gasteiger charge is -2.11. The molecule has 2 aromatic carbocycles. The number of hydrogen-bond acceptors (Lipinski definition) is 8. The van der Waals surface area contributed by atoms with Crippen LogP contribution >= 0.6 is 31.9 Å². The molecule has 0 bridgehead atoms. The normalized spacial score (nSPS) is 11.3. The molecule has 0 radical (unpaired) electrons. The van der Waals surface area contributed by atoms with E-state index in [9.17, 15) is 19.7 Å². The van der Waals surface area contributed by atoms with Gasteiger partial charge in [0.2, 0.25) is 5.75 Å². The number of fused-ring (bicyclic) bond motifs is 1. The molecule has 0 atom stereocenters. The van der Waals surface area contributed by atoms with Gasteiger partial charge in [-0.15, -0.1) is 0 Å². The first-order valence-electron chi connectivity index (χ1n) is 9.60. The van der Waals surface area contributed by atoms with Crippen LogP contribution in [-0.2, 0) is 9.53 Å². The molecule has 0 fully saturated rings. The molecule has 3 aromatic rings. The maximum atomic E-state index is 12.9. The Labute approximate surface area is 204 Å². The van der Waals surface area contributed by atoms with E-state index >= 15 is 0 Å². The average Bonchev–Trinajstić information content (AvgIpc) is 2.72. The van der Waals surface area contributed by atoms with Gasteiger partial charge in [-0.1, -0.05) is 15.9 Å². The number of carbonyl (C=O) groups is 1. The Morgan fingerprint density at radius 1 is 1.30 bits per heavy atom. The largest absolute Gasteiger partial charge is 0.474 e. The topological polar surface area (TPSA) is 126 Å². The lowest BCUT2D eigenvalue weighted by atomic mass is 10.2. The van der Waals surface area contributed by atoms with Gasteiger partial charge in [-0.05, 0) is 61.0 Å². The van der Waals surface area contributed by atoms with Crippen LogP contribution in [0.3, 0.4) is 0 Å². The highest BCUT2D eigenvalue weighted by Crippen LogP contribution is 2.36. The minimum Gasteiger partial charge on any atom is -0.474 e. The van der Waals surface area contributed by atoms with E-state index in [-0.39, 0.29) is 27.6 Å². The minimum atomic E-state index is -0.651. The molecule has 10 nitrogen and oxygen atoms in total. The number of halogens is 2. The molecule has 1 aromatic heterocycles. The maximum absolute atomic E-state index is 12.9. The van der Waals surface area contributed by atoms with Gasteiger partial charge in [-0.3, -0.25) is 14.9 Å². The maximum Gasteiger partial charge on any atom is 0.344 e. The molecular formula is C21H18Br2N4O6. The summed E-state index contributed by atoms with van der Waals surface area (Å²) < 4.78 is 12.4. The van der Waals surface area contributed by atoms with Gasteiger partial charge in [0.15, 0.2) is 6.61 Å². The van der Waals surface area contributed by atoms with Gasteiger partial charge in [0, 0.05) is 16.1 Å². The van der Waals surface area contributed by atoms with Gasteiger partial charge in [0.1, 0.15) is 5.82 Å². The van der Waals surface area contributed by atoms with Gasteiger partial charge in [-0.25, -0.2) is 9.78 Å². The highest BCUT2D eigenvalue weighted by molar-refractivity contribution is 9.10. The Bertz CT molecular complexity index is 1340. The van der Waals surface area contributed by atoms with Crippen LogP contribution in [0.1, 0.15) is 25.2 Å². The van der Waals surface area contributed by atoms with Crippen LogP contribution in [0.4, 0.5) is 5.69 Å². The van der Waals surface area contributed by atoms with Crippen molar-refractivity contribution >= 4 is 60.6 Å². The van der Waals surface area contributed by atoms with Crippen molar-refractivity contribution in [1.29, 1.82) is 0 Å². The molecule has 1 heterocycles. The van der Waals surface area contributed by atoms with Crippen molar-refractivity contribution in [1.82, 2.24) is 9.66 Å². The number of ether oxygens (including phenoxy) is 2. The summed E-state index contributed by atoms with van der Waals surface area (Å²) in [6.45, 7) is 4.51. The van der Waals surface area contributed by atoms with E-state index in [0.29, 0.717) is 22.3 Å². The molecule has 3 rings (SSSR count). The van der Waals surface area contributed by atoms with Crippen LogP contribution < -0.4 is 10.3 Å². The number of hydrogen-bond donors (Lipinski definition) is 0. The molecule has 0 N–H and O–H groups in total. The highest BCUT2D eigenvalue weighted by Gasteiger charge is 2.21. The fourth-order valence-corrected chi connectivity index (χ4v) is 3.84. The van der Waals surface area contributed by atoms with Gasteiger partial charge in [0.05, 0.1) is 32.6 Å². The minimum absolute atomic E-state index is 0.122. The lowest BCUT2D eigenvalue weighted by Crippen LogP contribution is -2.20. The summed E-state index contributed by atoms with van der Waals surface area (Å²) in [6.07, 6.45) is 0.963. The number of rotatable bonds is 7. The quantitative estimate of drug-likeness (QED) is 0.176. The van der Waals surface area contributed by atoms with Crippen molar-refractivity contribution in [3.05, 3.63) is 71.1 Å². The molecule has 0 unspecified atom stereocenters. The van der Waals surface area contributed by atoms with E-state index in [0.717, 1.165) is 9.15 Å². The predicted molar refractivity (Wildman–Crippen MR) is 129 cm³/mol. The summed E-state index contributed by atoms with van der Waals surface area (Å²) in [4.78, 5) is 39.9. The molecular weight excluding hydrogens is 564 g/mol. The second-order valence-corrected chi connectivity index (χ2v) is 8.89. The molecule has 0 spiro atoms. The number of aryl methyl sites for hydroxylation is 1. The summed E-state index contributed by atoms with van der Waals surface area (Å²) in [5.41, 5.74) is 0.0920. The zero-order valence-electron chi connectivity index (χ0n) is 17.7. The van der Waals surface area contributed by atoms with Crippen molar-refractivity contribution in [2.24, 2.45) is 5.10 Å². The molecule has 172 valence electrons. The number of nitrogens with zero attached hydrogens (tertiary/aromatic N) is 4. The van der Waals surface area contributed by atoms with Crippen molar-refractivity contribution in [2.45, 2.75) is 26.9 Å². The van der Waals surface area contributed by atoms with Gasteiger partial charge >= 0.3 is 11.7 Å². The summed E-state index contributed by atoms with van der Waals surface area (Å²) in [7, 11) is 0. The number of benzene rings is 2. The number of carbonyl (C=O) groups excluding carboxylic acids is 1. The van der Waals surface area contributed by atoms with Gasteiger partial charge in [0.25, 0.3) is 5.56 Å². The molecule has 0 amide bonds. The van der Waals surface area contributed by atoms with E-state index in [1.807, 2.05) is 0 Å². The Balaban J connectivity index is 1.95.